The summed E-state index contributed by atoms with van der Waals surface area (Å²) in [6, 6.07) is 24.6. The standard InChI is InChI=1S/C27H28N2O6/c1-33-23-14-12-21(13-15-23)17-28-25(30)19-34-26(31)24(16-20-8-4-2-5-9-20)29-27(32)35-18-22-10-6-3-7-11-22/h2-15,24H,16-19H2,1H3,(H,28,30)(H,29,32)/t24-/m0/s1. The Labute approximate surface area is 204 Å². The summed E-state index contributed by atoms with van der Waals surface area (Å²) in [7, 11) is 1.58. The van der Waals surface area contributed by atoms with Gasteiger partial charge < -0.3 is 24.8 Å². The Kier molecular flexibility index (Phi) is 9.68. The average molecular weight is 477 g/mol. The van der Waals surface area contributed by atoms with Crippen molar-refractivity contribution >= 4 is 18.0 Å². The number of carbonyl (C=O) groups is 3. The molecule has 0 aromatic heterocycles. The van der Waals surface area contributed by atoms with Gasteiger partial charge in [-0.25, -0.2) is 9.59 Å². The van der Waals surface area contributed by atoms with Crippen molar-refractivity contribution < 1.29 is 28.6 Å². The van der Waals surface area contributed by atoms with E-state index in [2.05, 4.69) is 10.6 Å². The average Bonchev–Trinajstić information content (AvgIpc) is 2.90. The molecule has 0 saturated heterocycles. The Morgan fingerprint density at radius 2 is 1.40 bits per heavy atom. The number of hydrogen-bond donors (Lipinski definition) is 2. The van der Waals surface area contributed by atoms with E-state index in [4.69, 9.17) is 14.2 Å². The van der Waals surface area contributed by atoms with E-state index >= 15 is 0 Å². The van der Waals surface area contributed by atoms with Crippen LogP contribution in [0, 0.1) is 0 Å². The van der Waals surface area contributed by atoms with Crippen molar-refractivity contribution in [3.8, 4) is 5.75 Å². The van der Waals surface area contributed by atoms with E-state index in [-0.39, 0.29) is 19.6 Å². The van der Waals surface area contributed by atoms with Gasteiger partial charge in [-0.1, -0.05) is 72.8 Å². The number of hydrogen-bond acceptors (Lipinski definition) is 6. The molecule has 35 heavy (non-hydrogen) atoms. The first-order valence-corrected chi connectivity index (χ1v) is 11.1. The minimum atomic E-state index is -1.02. The number of benzene rings is 3. The Hall–Kier alpha value is -4.33. The third-order valence-electron chi connectivity index (χ3n) is 5.07. The molecule has 0 aliphatic carbocycles. The van der Waals surface area contributed by atoms with Gasteiger partial charge in [0.25, 0.3) is 5.91 Å². The second-order valence-corrected chi connectivity index (χ2v) is 7.68. The van der Waals surface area contributed by atoms with Gasteiger partial charge in [-0.05, 0) is 28.8 Å². The summed E-state index contributed by atoms with van der Waals surface area (Å²) in [5.74, 6) is -0.474. The van der Waals surface area contributed by atoms with Crippen LogP contribution >= 0.6 is 0 Å². The van der Waals surface area contributed by atoms with E-state index in [1.807, 2.05) is 72.8 Å². The van der Waals surface area contributed by atoms with E-state index in [0.29, 0.717) is 5.75 Å². The maximum Gasteiger partial charge on any atom is 0.408 e. The fourth-order valence-corrected chi connectivity index (χ4v) is 3.18. The molecule has 2 N–H and O–H groups in total. The molecule has 0 radical (unpaired) electrons. The van der Waals surface area contributed by atoms with Crippen LogP contribution < -0.4 is 15.4 Å². The molecule has 8 heteroatoms. The van der Waals surface area contributed by atoms with Crippen molar-refractivity contribution in [1.29, 1.82) is 0 Å². The third-order valence-corrected chi connectivity index (χ3v) is 5.07. The quantitative estimate of drug-likeness (QED) is 0.411. The molecular formula is C27H28N2O6. The van der Waals surface area contributed by atoms with Crippen LogP contribution in [0.25, 0.3) is 0 Å². The molecule has 1 atom stereocenters. The summed E-state index contributed by atoms with van der Waals surface area (Å²) in [6.45, 7) is -0.132. The number of ether oxygens (including phenoxy) is 3. The number of esters is 1. The number of nitrogens with one attached hydrogen (secondary N) is 2. The lowest BCUT2D eigenvalue weighted by Gasteiger charge is -2.18. The Morgan fingerprint density at radius 3 is 2.03 bits per heavy atom. The minimum Gasteiger partial charge on any atom is -0.497 e. The van der Waals surface area contributed by atoms with Crippen molar-refractivity contribution in [3.63, 3.8) is 0 Å². The number of amides is 2. The summed E-state index contributed by atoms with van der Waals surface area (Å²) >= 11 is 0. The van der Waals surface area contributed by atoms with Gasteiger partial charge in [-0.15, -0.1) is 0 Å². The first-order valence-electron chi connectivity index (χ1n) is 11.1. The lowest BCUT2D eigenvalue weighted by Crippen LogP contribution is -2.44. The molecule has 2 amide bonds. The van der Waals surface area contributed by atoms with Crippen molar-refractivity contribution in [2.24, 2.45) is 0 Å². The zero-order valence-electron chi connectivity index (χ0n) is 19.4. The second kappa shape index (κ2) is 13.4. The number of methoxy groups -OCH3 is 1. The summed E-state index contributed by atoms with van der Waals surface area (Å²) in [5.41, 5.74) is 2.51. The minimum absolute atomic E-state index is 0.0630. The molecule has 0 aliphatic heterocycles. The van der Waals surface area contributed by atoms with E-state index in [9.17, 15) is 14.4 Å². The molecule has 0 spiro atoms. The molecule has 0 saturated carbocycles. The zero-order chi connectivity index (χ0) is 24.9. The van der Waals surface area contributed by atoms with E-state index in [1.165, 1.54) is 0 Å². The van der Waals surface area contributed by atoms with Gasteiger partial charge in [0.1, 0.15) is 18.4 Å². The topological polar surface area (TPSA) is 103 Å². The zero-order valence-corrected chi connectivity index (χ0v) is 19.4. The Bertz CT molecular complexity index is 1090. The lowest BCUT2D eigenvalue weighted by atomic mass is 10.1. The van der Waals surface area contributed by atoms with Crippen LogP contribution in [0.1, 0.15) is 16.7 Å². The molecule has 3 aromatic carbocycles. The fourth-order valence-electron chi connectivity index (χ4n) is 3.18. The summed E-state index contributed by atoms with van der Waals surface area (Å²) in [4.78, 5) is 37.2. The van der Waals surface area contributed by atoms with E-state index in [1.54, 1.807) is 19.2 Å². The van der Waals surface area contributed by atoms with Crippen molar-refractivity contribution in [2.75, 3.05) is 13.7 Å². The lowest BCUT2D eigenvalue weighted by molar-refractivity contribution is -0.150. The number of rotatable bonds is 11. The largest absolute Gasteiger partial charge is 0.497 e. The molecule has 0 fully saturated rings. The highest BCUT2D eigenvalue weighted by atomic mass is 16.6. The van der Waals surface area contributed by atoms with E-state index in [0.717, 1.165) is 16.7 Å². The summed E-state index contributed by atoms with van der Waals surface area (Å²) < 4.78 is 15.5. The number of alkyl carbamates (subject to hydrolysis) is 1. The third kappa shape index (κ3) is 8.85. The predicted molar refractivity (Wildman–Crippen MR) is 129 cm³/mol. The fraction of sp³-hybridized carbons (Fsp3) is 0.222. The molecule has 8 nitrogen and oxygen atoms in total. The molecule has 3 rings (SSSR count). The molecule has 182 valence electrons. The van der Waals surface area contributed by atoms with Gasteiger partial charge in [-0.2, -0.15) is 0 Å². The molecule has 0 unspecified atom stereocenters. The Morgan fingerprint density at radius 1 is 0.771 bits per heavy atom. The summed E-state index contributed by atoms with van der Waals surface area (Å²) in [5, 5.41) is 5.24. The van der Waals surface area contributed by atoms with Crippen LogP contribution in [0.15, 0.2) is 84.9 Å². The van der Waals surface area contributed by atoms with Crippen LogP contribution in [-0.2, 0) is 38.6 Å². The van der Waals surface area contributed by atoms with Crippen molar-refractivity contribution in [3.05, 3.63) is 102 Å². The van der Waals surface area contributed by atoms with Gasteiger partial charge in [-0.3, -0.25) is 4.79 Å². The van der Waals surface area contributed by atoms with Gasteiger partial charge in [0, 0.05) is 13.0 Å². The highest BCUT2D eigenvalue weighted by Crippen LogP contribution is 2.11. The highest BCUT2D eigenvalue weighted by molar-refractivity contribution is 5.85. The van der Waals surface area contributed by atoms with E-state index < -0.39 is 30.6 Å². The normalized spacial score (nSPS) is 11.1. The first kappa shape index (κ1) is 25.3. The molecule has 0 aliphatic rings. The van der Waals surface area contributed by atoms with Crippen LogP contribution in [0.3, 0.4) is 0 Å². The molecule has 0 bridgehead atoms. The molecule has 3 aromatic rings. The molecule has 0 heterocycles. The maximum absolute atomic E-state index is 12.7. The smallest absolute Gasteiger partial charge is 0.408 e. The Balaban J connectivity index is 1.51. The van der Waals surface area contributed by atoms with Gasteiger partial charge in [0.2, 0.25) is 0 Å². The summed E-state index contributed by atoms with van der Waals surface area (Å²) in [6.07, 6.45) is -0.566. The van der Waals surface area contributed by atoms with Gasteiger partial charge in [0.15, 0.2) is 6.61 Å². The first-order chi connectivity index (χ1) is 17.0. The predicted octanol–water partition coefficient (Wildman–Crippen LogP) is 3.39. The number of carbonyl (C=O) groups excluding carboxylic acids is 3. The SMILES string of the molecule is COc1ccc(CNC(=O)COC(=O)[C@H](Cc2ccccc2)NC(=O)OCc2ccccc2)cc1. The molecular weight excluding hydrogens is 448 g/mol. The van der Waals surface area contributed by atoms with Crippen LogP contribution in [0.2, 0.25) is 0 Å². The maximum atomic E-state index is 12.7. The van der Waals surface area contributed by atoms with Crippen LogP contribution in [-0.4, -0.2) is 37.7 Å². The second-order valence-electron chi connectivity index (χ2n) is 7.68. The highest BCUT2D eigenvalue weighted by Gasteiger charge is 2.24. The van der Waals surface area contributed by atoms with Gasteiger partial charge in [0.05, 0.1) is 7.11 Å². The monoisotopic (exact) mass is 476 g/mol. The van der Waals surface area contributed by atoms with Crippen LogP contribution in [0.4, 0.5) is 4.79 Å². The van der Waals surface area contributed by atoms with Crippen molar-refractivity contribution in [2.45, 2.75) is 25.6 Å². The van der Waals surface area contributed by atoms with Gasteiger partial charge >= 0.3 is 12.1 Å². The van der Waals surface area contributed by atoms with Crippen LogP contribution in [0.5, 0.6) is 5.75 Å². The van der Waals surface area contributed by atoms with Crippen molar-refractivity contribution in [1.82, 2.24) is 10.6 Å².